The highest BCUT2D eigenvalue weighted by Crippen LogP contribution is 2.57. The van der Waals surface area contributed by atoms with Crippen molar-refractivity contribution < 1.29 is 47.2 Å². The van der Waals surface area contributed by atoms with E-state index in [-0.39, 0.29) is 73.1 Å². The largest absolute Gasteiger partial charge is 0.508 e. The van der Waals surface area contributed by atoms with Crippen LogP contribution in [0.2, 0.25) is 0 Å². The zero-order valence-corrected chi connectivity index (χ0v) is 34.6. The molecule has 1 unspecified atom stereocenters. The average molecular weight is 870 g/mol. The van der Waals surface area contributed by atoms with Gasteiger partial charge in [-0.25, -0.2) is 9.48 Å². The molecule has 4 aromatic carbocycles. The minimum atomic E-state index is -4.83. The topological polar surface area (TPSA) is 178 Å². The summed E-state index contributed by atoms with van der Waals surface area (Å²) in [6.45, 7) is 3.66. The Bertz CT molecular complexity index is 2660. The molecule has 9 rings (SSSR count). The van der Waals surface area contributed by atoms with Crippen molar-refractivity contribution in [2.45, 2.75) is 75.9 Å². The lowest BCUT2D eigenvalue weighted by molar-refractivity contribution is -0.141. The minimum absolute atomic E-state index is 0.0267. The van der Waals surface area contributed by atoms with Crippen LogP contribution in [0.25, 0.3) is 5.69 Å². The van der Waals surface area contributed by atoms with Crippen LogP contribution in [0.5, 0.6) is 23.0 Å². The fraction of sp³-hybridized carbons (Fsp3) is 0.295. The number of hydrogen-bond acceptors (Lipinski definition) is 10. The Kier molecular flexibility index (Phi) is 9.66. The van der Waals surface area contributed by atoms with Gasteiger partial charge in [-0.05, 0) is 97.8 Å². The summed E-state index contributed by atoms with van der Waals surface area (Å²) < 4.78 is 56.4. The summed E-state index contributed by atoms with van der Waals surface area (Å²) in [6.07, 6.45) is -1.62. The SMILES string of the molecule is CC1(C)CC(=O)c2c(C(F)(F)F)nn(-c3ccc(C(N)=O)c(N[C@H]4CC[C@H](PC(=S)Nc5ccc6c(c5)C(=O)OC65c6ccc(O)cc6Oc6cc(O)ccc65)CC4)c3)c2C1. The Morgan fingerprint density at radius 2 is 1.57 bits per heavy atom. The molecule has 6 N–H and O–H groups in total. The molecule has 61 heavy (non-hydrogen) atoms. The number of ether oxygens (including phenoxy) is 2. The molecule has 0 radical (unpaired) electrons. The number of nitrogens with zero attached hydrogens (tertiary/aromatic N) is 2. The molecule has 1 spiro atoms. The third kappa shape index (κ3) is 7.14. The van der Waals surface area contributed by atoms with Crippen LogP contribution < -0.4 is 21.1 Å². The van der Waals surface area contributed by atoms with Gasteiger partial charge < -0.3 is 36.1 Å². The molecule has 4 aliphatic rings. The molecular formula is C44H39F3N5O7PS. The van der Waals surface area contributed by atoms with Crippen LogP contribution in [0.3, 0.4) is 0 Å². The smallest absolute Gasteiger partial charge is 0.435 e. The van der Waals surface area contributed by atoms with Gasteiger partial charge in [0.15, 0.2) is 17.1 Å². The second-order valence-electron chi connectivity index (χ2n) is 16.7. The van der Waals surface area contributed by atoms with Crippen molar-refractivity contribution in [3.05, 3.63) is 118 Å². The zero-order chi connectivity index (χ0) is 43.2. The van der Waals surface area contributed by atoms with Crippen molar-refractivity contribution in [2.24, 2.45) is 11.1 Å². The highest BCUT2D eigenvalue weighted by atomic mass is 32.1. The summed E-state index contributed by atoms with van der Waals surface area (Å²) in [6, 6.07) is 18.9. The molecule has 1 aromatic heterocycles. The number of aromatic hydroxyl groups is 2. The number of amides is 1. The first-order valence-corrected chi connectivity index (χ1v) is 21.1. The molecule has 12 nitrogen and oxygen atoms in total. The summed E-state index contributed by atoms with van der Waals surface area (Å²) in [5.41, 5.74) is 5.97. The number of phenols is 2. The highest BCUT2D eigenvalue weighted by molar-refractivity contribution is 7.93. The van der Waals surface area contributed by atoms with E-state index in [9.17, 15) is 37.8 Å². The molecule has 3 heterocycles. The molecule has 0 bridgehead atoms. The van der Waals surface area contributed by atoms with E-state index in [1.807, 2.05) is 19.9 Å². The number of rotatable bonds is 7. The Labute approximate surface area is 354 Å². The number of halogens is 3. The van der Waals surface area contributed by atoms with E-state index in [0.717, 1.165) is 25.7 Å². The van der Waals surface area contributed by atoms with E-state index in [2.05, 4.69) is 15.7 Å². The molecule has 1 fully saturated rings. The van der Waals surface area contributed by atoms with Crippen molar-refractivity contribution in [3.8, 4) is 28.7 Å². The number of aromatic nitrogens is 2. The van der Waals surface area contributed by atoms with Crippen molar-refractivity contribution in [3.63, 3.8) is 0 Å². The third-order valence-electron chi connectivity index (χ3n) is 11.8. The summed E-state index contributed by atoms with van der Waals surface area (Å²) >= 11 is 5.81. The standard InChI is InChI=1S/C44H39F3N5O7PS/c1-42(2)19-33-37(34(55)20-42)38(44(45,46)47)51-52(33)23-6-11-27(39(48)56)32(16-23)49-21-3-9-26(10-4-21)60-41(61)50-22-5-12-29-28(15-22)40(57)59-43(29)30-13-7-24(53)17-35(30)58-36-18-25(54)8-14-31(36)43/h5-8,11-18,21,26,49,53-54,60H,3-4,9-10,19-20H2,1-2H3,(H2,48,56)(H,50,61)/t21-,26-. The maximum absolute atomic E-state index is 14.1. The van der Waals surface area contributed by atoms with Gasteiger partial charge in [0, 0.05) is 52.7 Å². The van der Waals surface area contributed by atoms with Gasteiger partial charge in [0.2, 0.25) is 0 Å². The van der Waals surface area contributed by atoms with Crippen LogP contribution in [-0.4, -0.2) is 54.1 Å². The number of esters is 1. The number of anilines is 2. The first kappa shape index (κ1) is 40.4. The predicted molar refractivity (Wildman–Crippen MR) is 226 cm³/mol. The maximum atomic E-state index is 14.1. The number of ketones is 1. The van der Waals surface area contributed by atoms with Crippen molar-refractivity contribution >= 4 is 54.6 Å². The molecule has 1 amide bonds. The van der Waals surface area contributed by atoms with E-state index in [4.69, 9.17) is 27.4 Å². The summed E-state index contributed by atoms with van der Waals surface area (Å²) in [7, 11) is 0.263. The highest BCUT2D eigenvalue weighted by Gasteiger charge is 2.54. The summed E-state index contributed by atoms with van der Waals surface area (Å²) in [5.74, 6) is -1.36. The number of nitrogens with two attached hydrogens (primary N) is 1. The Morgan fingerprint density at radius 3 is 2.21 bits per heavy atom. The van der Waals surface area contributed by atoms with Gasteiger partial charge in [0.05, 0.1) is 32.8 Å². The van der Waals surface area contributed by atoms with E-state index in [1.165, 1.54) is 41.1 Å². The molecule has 17 heteroatoms. The minimum Gasteiger partial charge on any atom is -0.508 e. The number of phenolic OH excluding ortho intramolecular Hbond substituents is 2. The lowest BCUT2D eigenvalue weighted by Crippen LogP contribution is -2.32. The molecule has 1 atom stereocenters. The van der Waals surface area contributed by atoms with Gasteiger partial charge in [0.1, 0.15) is 23.0 Å². The van der Waals surface area contributed by atoms with Crippen molar-refractivity contribution in [1.82, 2.24) is 9.78 Å². The van der Waals surface area contributed by atoms with Crippen molar-refractivity contribution in [2.75, 3.05) is 10.6 Å². The Balaban J connectivity index is 0.888. The van der Waals surface area contributed by atoms with Gasteiger partial charge in [-0.2, -0.15) is 18.3 Å². The monoisotopic (exact) mass is 869 g/mol. The molecular weight excluding hydrogens is 831 g/mol. The van der Waals surface area contributed by atoms with Gasteiger partial charge in [0.25, 0.3) is 5.91 Å². The second kappa shape index (κ2) is 14.6. The van der Waals surface area contributed by atoms with E-state index < -0.39 is 46.1 Å². The summed E-state index contributed by atoms with van der Waals surface area (Å²) in [4.78, 5) is 39.1. The van der Waals surface area contributed by atoms with Crippen LogP contribution in [0, 0.1) is 5.41 Å². The number of Topliss-reactive ketones (excluding diaryl/α,β-unsaturated/α-hetero) is 1. The second-order valence-corrected chi connectivity index (χ2v) is 19.1. The number of primary amides is 1. The van der Waals surface area contributed by atoms with Crippen LogP contribution in [-0.2, 0) is 22.9 Å². The maximum Gasteiger partial charge on any atom is 0.435 e. The number of nitrogens with one attached hydrogen (secondary N) is 2. The number of fused-ring (bicyclic) bond motifs is 7. The van der Waals surface area contributed by atoms with Gasteiger partial charge in [-0.15, -0.1) is 0 Å². The predicted octanol–water partition coefficient (Wildman–Crippen LogP) is 8.92. The zero-order valence-electron chi connectivity index (χ0n) is 32.8. The van der Waals surface area contributed by atoms with Gasteiger partial charge in [-0.1, -0.05) is 40.7 Å². The number of alkyl halides is 3. The van der Waals surface area contributed by atoms with Crippen LogP contribution in [0.4, 0.5) is 24.5 Å². The molecule has 314 valence electrons. The first-order valence-electron chi connectivity index (χ1n) is 19.6. The Morgan fingerprint density at radius 1 is 0.918 bits per heavy atom. The first-order chi connectivity index (χ1) is 28.9. The van der Waals surface area contributed by atoms with Crippen LogP contribution >= 0.6 is 20.8 Å². The fourth-order valence-electron chi connectivity index (χ4n) is 9.10. The summed E-state index contributed by atoms with van der Waals surface area (Å²) in [5, 5.41) is 31.0. The van der Waals surface area contributed by atoms with Crippen LogP contribution in [0.15, 0.2) is 72.8 Å². The fourth-order valence-corrected chi connectivity index (χ4v) is 10.9. The van der Waals surface area contributed by atoms with E-state index >= 15 is 0 Å². The van der Waals surface area contributed by atoms with Crippen LogP contribution in [0.1, 0.15) is 105 Å². The number of thiocarbonyl (C=S) groups is 1. The quantitative estimate of drug-likeness (QED) is 0.0600. The lowest BCUT2D eigenvalue weighted by atomic mass is 9.75. The number of hydrogen-bond donors (Lipinski definition) is 5. The third-order valence-corrected chi connectivity index (χ3v) is 13.6. The molecule has 0 saturated heterocycles. The average Bonchev–Trinajstić information content (AvgIpc) is 3.70. The number of carbonyl (C=O) groups is 3. The van der Waals surface area contributed by atoms with Gasteiger partial charge >= 0.3 is 12.1 Å². The normalized spacial score (nSPS) is 19.7. The van der Waals surface area contributed by atoms with E-state index in [0.29, 0.717) is 38.4 Å². The lowest BCUT2D eigenvalue weighted by Gasteiger charge is -2.36. The molecule has 2 aliphatic carbocycles. The number of benzene rings is 4. The molecule has 1 saturated carbocycles. The molecule has 5 aromatic rings. The number of carbonyl (C=O) groups excluding carboxylic acids is 3. The Hall–Kier alpha value is -5.99. The molecule has 2 aliphatic heterocycles. The van der Waals surface area contributed by atoms with Crippen molar-refractivity contribution in [1.29, 1.82) is 0 Å². The van der Waals surface area contributed by atoms with Gasteiger partial charge in [-0.3, -0.25) is 9.59 Å². The van der Waals surface area contributed by atoms with E-state index in [1.54, 1.807) is 30.3 Å².